The molecule has 2 heterocycles. The van der Waals surface area contributed by atoms with Crippen LogP contribution in [0.5, 0.6) is 0 Å². The van der Waals surface area contributed by atoms with E-state index in [1.165, 1.54) is 11.3 Å². The highest BCUT2D eigenvalue weighted by Gasteiger charge is 2.42. The third-order valence-electron chi connectivity index (χ3n) is 4.97. The van der Waals surface area contributed by atoms with E-state index in [9.17, 15) is 20.1 Å². The van der Waals surface area contributed by atoms with Crippen LogP contribution in [0.15, 0.2) is 34.3 Å². The standard InChI is InChI=1S/C18H20N4O4S/c1-8-19-16(21-11-6-9(7-23)14(24)15(11)25)13(17(26)20-8)18-22-10-4-2-3-5-12(10)27-18/h2-5,9,11,13-15,23-25H,6-7H2,1H3,(H,19,20,21,26)/t9-,11-,13?,14-,15+/m1/s1. The van der Waals surface area contributed by atoms with E-state index < -0.39 is 30.1 Å². The molecule has 1 saturated carbocycles. The molecule has 2 aromatic rings. The van der Waals surface area contributed by atoms with E-state index in [-0.39, 0.29) is 18.3 Å². The van der Waals surface area contributed by atoms with Gasteiger partial charge < -0.3 is 20.6 Å². The maximum absolute atomic E-state index is 12.7. The van der Waals surface area contributed by atoms with Crippen molar-refractivity contribution in [2.45, 2.75) is 37.5 Å². The maximum atomic E-state index is 12.7. The van der Waals surface area contributed by atoms with Crippen LogP contribution in [0.2, 0.25) is 0 Å². The first-order valence-electron chi connectivity index (χ1n) is 8.74. The SMILES string of the molecule is CC1=NC(=N[C@@H]2C[C@H](CO)[C@@H](O)[C@H]2O)C(c2nc3ccccc3s2)C(=O)N1. The lowest BCUT2D eigenvalue weighted by molar-refractivity contribution is -0.119. The number of amidine groups is 2. The van der Waals surface area contributed by atoms with E-state index >= 15 is 0 Å². The van der Waals surface area contributed by atoms with Crippen molar-refractivity contribution in [2.24, 2.45) is 15.9 Å². The number of hydrogen-bond acceptors (Lipinski definition) is 7. The van der Waals surface area contributed by atoms with Gasteiger partial charge in [0.2, 0.25) is 5.91 Å². The molecule has 1 unspecified atom stereocenters. The highest BCUT2D eigenvalue weighted by Crippen LogP contribution is 2.33. The number of carbonyl (C=O) groups is 1. The molecule has 2 aliphatic rings. The van der Waals surface area contributed by atoms with Gasteiger partial charge in [0.25, 0.3) is 0 Å². The number of rotatable bonds is 3. The van der Waals surface area contributed by atoms with Gasteiger partial charge in [-0.15, -0.1) is 11.3 Å². The largest absolute Gasteiger partial charge is 0.396 e. The van der Waals surface area contributed by atoms with Crippen LogP contribution in [-0.4, -0.2) is 62.7 Å². The van der Waals surface area contributed by atoms with Crippen LogP contribution in [0.1, 0.15) is 24.3 Å². The molecule has 142 valence electrons. The van der Waals surface area contributed by atoms with Gasteiger partial charge >= 0.3 is 0 Å². The van der Waals surface area contributed by atoms with Gasteiger partial charge in [-0.1, -0.05) is 12.1 Å². The van der Waals surface area contributed by atoms with Gasteiger partial charge in [-0.05, 0) is 25.5 Å². The average Bonchev–Trinajstić information content (AvgIpc) is 3.17. The van der Waals surface area contributed by atoms with Crippen LogP contribution in [-0.2, 0) is 4.79 Å². The molecule has 1 aliphatic heterocycles. The molecule has 0 bridgehead atoms. The summed E-state index contributed by atoms with van der Waals surface area (Å²) in [5, 5.41) is 32.9. The molecule has 0 spiro atoms. The fraction of sp³-hybridized carbons (Fsp3) is 0.444. The Morgan fingerprint density at radius 3 is 2.78 bits per heavy atom. The van der Waals surface area contributed by atoms with E-state index in [4.69, 9.17) is 0 Å². The number of aromatic nitrogens is 1. The summed E-state index contributed by atoms with van der Waals surface area (Å²) in [6, 6.07) is 6.98. The summed E-state index contributed by atoms with van der Waals surface area (Å²) in [6.45, 7) is 1.43. The number of fused-ring (bicyclic) bond motifs is 1. The number of para-hydroxylation sites is 1. The Kier molecular flexibility index (Phi) is 4.77. The predicted octanol–water partition coefficient (Wildman–Crippen LogP) is 0.429. The van der Waals surface area contributed by atoms with Crippen molar-refractivity contribution in [3.8, 4) is 0 Å². The molecular formula is C18H20N4O4S. The number of nitrogens with one attached hydrogen (secondary N) is 1. The molecule has 1 aromatic heterocycles. The summed E-state index contributed by atoms with van der Waals surface area (Å²) in [5.41, 5.74) is 0.799. The highest BCUT2D eigenvalue weighted by atomic mass is 32.1. The van der Waals surface area contributed by atoms with Crippen molar-refractivity contribution < 1.29 is 20.1 Å². The fourth-order valence-electron chi connectivity index (χ4n) is 3.55. The van der Waals surface area contributed by atoms with E-state index in [1.807, 2.05) is 24.3 Å². The summed E-state index contributed by atoms with van der Waals surface area (Å²) in [7, 11) is 0. The summed E-state index contributed by atoms with van der Waals surface area (Å²) >= 11 is 1.40. The monoisotopic (exact) mass is 388 g/mol. The average molecular weight is 388 g/mol. The summed E-state index contributed by atoms with van der Waals surface area (Å²) < 4.78 is 0.961. The van der Waals surface area contributed by atoms with E-state index in [1.54, 1.807) is 6.92 Å². The first-order valence-corrected chi connectivity index (χ1v) is 9.56. The lowest BCUT2D eigenvalue weighted by Crippen LogP contribution is -2.42. The number of aliphatic hydroxyl groups is 3. The Bertz CT molecular complexity index is 907. The fourth-order valence-corrected chi connectivity index (χ4v) is 4.61. The number of nitrogens with zero attached hydrogens (tertiary/aromatic N) is 3. The van der Waals surface area contributed by atoms with Crippen LogP contribution >= 0.6 is 11.3 Å². The Balaban J connectivity index is 1.74. The molecular weight excluding hydrogens is 368 g/mol. The highest BCUT2D eigenvalue weighted by molar-refractivity contribution is 7.18. The summed E-state index contributed by atoms with van der Waals surface area (Å²) in [6.07, 6.45) is -1.83. The number of amides is 1. The molecule has 9 heteroatoms. The zero-order chi connectivity index (χ0) is 19.1. The van der Waals surface area contributed by atoms with Gasteiger partial charge in [0.1, 0.15) is 28.7 Å². The first kappa shape index (κ1) is 18.2. The lowest BCUT2D eigenvalue weighted by atomic mass is 10.1. The van der Waals surface area contributed by atoms with Crippen LogP contribution in [0, 0.1) is 5.92 Å². The van der Waals surface area contributed by atoms with Crippen LogP contribution in [0.25, 0.3) is 10.2 Å². The quantitative estimate of drug-likeness (QED) is 0.606. The third kappa shape index (κ3) is 3.27. The number of thiazole rings is 1. The summed E-state index contributed by atoms with van der Waals surface area (Å²) in [5.74, 6) is -0.804. The van der Waals surface area contributed by atoms with Gasteiger partial charge in [-0.2, -0.15) is 0 Å². The molecule has 5 atom stereocenters. The second kappa shape index (κ2) is 7.08. The molecule has 1 amide bonds. The second-order valence-electron chi connectivity index (χ2n) is 6.85. The minimum Gasteiger partial charge on any atom is -0.396 e. The second-order valence-corrected chi connectivity index (χ2v) is 7.92. The zero-order valence-electron chi connectivity index (χ0n) is 14.6. The van der Waals surface area contributed by atoms with Gasteiger partial charge in [-0.3, -0.25) is 9.79 Å². The molecule has 4 N–H and O–H groups in total. The van der Waals surface area contributed by atoms with Crippen molar-refractivity contribution >= 4 is 39.1 Å². The van der Waals surface area contributed by atoms with Crippen LogP contribution in [0.3, 0.4) is 0 Å². The summed E-state index contributed by atoms with van der Waals surface area (Å²) in [4.78, 5) is 26.1. The zero-order valence-corrected chi connectivity index (χ0v) is 15.4. The molecule has 1 fully saturated rings. The molecule has 27 heavy (non-hydrogen) atoms. The maximum Gasteiger partial charge on any atom is 0.243 e. The molecule has 1 aromatic carbocycles. The molecule has 0 saturated heterocycles. The number of aliphatic imine (C=N–C) groups is 2. The van der Waals surface area contributed by atoms with E-state index in [0.717, 1.165) is 10.2 Å². The van der Waals surface area contributed by atoms with E-state index in [0.29, 0.717) is 17.3 Å². The van der Waals surface area contributed by atoms with Gasteiger partial charge in [0.15, 0.2) is 0 Å². The first-order chi connectivity index (χ1) is 13.0. The number of carbonyl (C=O) groups excluding carboxylic acids is 1. The van der Waals surface area contributed by atoms with Crippen LogP contribution < -0.4 is 5.32 Å². The smallest absolute Gasteiger partial charge is 0.243 e. The van der Waals surface area contributed by atoms with Crippen LogP contribution in [0.4, 0.5) is 0 Å². The van der Waals surface area contributed by atoms with E-state index in [2.05, 4.69) is 20.3 Å². The normalized spacial score (nSPS) is 32.7. The molecule has 1 aliphatic carbocycles. The third-order valence-corrected chi connectivity index (χ3v) is 6.07. The number of aliphatic hydroxyl groups excluding tert-OH is 3. The topological polar surface area (TPSA) is 127 Å². The minimum atomic E-state index is -1.11. The van der Waals surface area contributed by atoms with Crippen molar-refractivity contribution in [3.63, 3.8) is 0 Å². The van der Waals surface area contributed by atoms with Crippen molar-refractivity contribution in [1.29, 1.82) is 0 Å². The Morgan fingerprint density at radius 1 is 1.30 bits per heavy atom. The Hall–Kier alpha value is -2.20. The van der Waals surface area contributed by atoms with Crippen molar-refractivity contribution in [2.75, 3.05) is 6.61 Å². The van der Waals surface area contributed by atoms with Crippen molar-refractivity contribution in [1.82, 2.24) is 10.3 Å². The lowest BCUT2D eigenvalue weighted by Gasteiger charge is -2.22. The Labute approximate surface area is 159 Å². The molecule has 8 nitrogen and oxygen atoms in total. The molecule has 4 rings (SSSR count). The number of hydrogen-bond donors (Lipinski definition) is 4. The van der Waals surface area contributed by atoms with Gasteiger partial charge in [0.05, 0.1) is 22.4 Å². The van der Waals surface area contributed by atoms with Gasteiger partial charge in [-0.25, -0.2) is 9.98 Å². The predicted molar refractivity (Wildman–Crippen MR) is 102 cm³/mol. The molecule has 0 radical (unpaired) electrons. The minimum absolute atomic E-state index is 0.232. The van der Waals surface area contributed by atoms with Gasteiger partial charge in [0, 0.05) is 12.5 Å². The van der Waals surface area contributed by atoms with Crippen molar-refractivity contribution in [3.05, 3.63) is 29.3 Å². The Morgan fingerprint density at radius 2 is 2.07 bits per heavy atom. The number of benzene rings is 1.